The Morgan fingerprint density at radius 3 is 2.47 bits per heavy atom. The van der Waals surface area contributed by atoms with E-state index in [9.17, 15) is 4.79 Å². The number of anilines is 2. The minimum absolute atomic E-state index is 0.288. The molecule has 194 valence electrons. The van der Waals surface area contributed by atoms with Gasteiger partial charge in [-0.25, -0.2) is 0 Å². The third kappa shape index (κ3) is 6.11. The maximum atomic E-state index is 12.2. The second-order valence-electron chi connectivity index (χ2n) is 10.1. The summed E-state index contributed by atoms with van der Waals surface area (Å²) in [4.78, 5) is 36.7. The van der Waals surface area contributed by atoms with Gasteiger partial charge in [-0.2, -0.15) is 15.0 Å². The van der Waals surface area contributed by atoms with Crippen molar-refractivity contribution < 1.29 is 4.79 Å². The van der Waals surface area contributed by atoms with E-state index in [1.54, 1.807) is 0 Å². The maximum Gasteiger partial charge on any atom is 0.234 e. The van der Waals surface area contributed by atoms with Crippen LogP contribution in [-0.2, 0) is 11.2 Å². The lowest BCUT2D eigenvalue weighted by atomic mass is 10.1. The van der Waals surface area contributed by atoms with Crippen LogP contribution in [0.1, 0.15) is 24.0 Å². The topological polar surface area (TPSA) is 86.6 Å². The fourth-order valence-corrected chi connectivity index (χ4v) is 5.31. The lowest BCUT2D eigenvalue weighted by Crippen LogP contribution is -2.45. The Morgan fingerprint density at radius 2 is 1.74 bits per heavy atom. The van der Waals surface area contributed by atoms with Crippen LogP contribution in [0.25, 0.3) is 5.57 Å². The summed E-state index contributed by atoms with van der Waals surface area (Å²) in [5, 5.41) is 3.95. The van der Waals surface area contributed by atoms with Gasteiger partial charge in [0.2, 0.25) is 11.9 Å². The number of hydrogen-bond acceptors (Lipinski definition) is 9. The Labute approximate surface area is 227 Å². The fraction of sp³-hybridized carbons (Fsp3) is 0.345. The number of piperazine rings is 1. The number of rotatable bonds is 8. The molecule has 3 heterocycles. The van der Waals surface area contributed by atoms with Gasteiger partial charge in [0.15, 0.2) is 5.16 Å². The smallest absolute Gasteiger partial charge is 0.234 e. The predicted octanol–water partition coefficient (Wildman–Crippen LogP) is 4.20. The first-order chi connectivity index (χ1) is 18.6. The molecule has 0 bridgehead atoms. The number of carbonyl (C=O) groups is 1. The molecule has 2 aromatic carbocycles. The first-order valence-corrected chi connectivity index (χ1v) is 14.0. The van der Waals surface area contributed by atoms with Crippen molar-refractivity contribution in [3.8, 4) is 0 Å². The molecule has 0 spiro atoms. The molecule has 0 amide bonds. The molecule has 38 heavy (non-hydrogen) atoms. The Balaban J connectivity index is 1.21. The third-order valence-electron chi connectivity index (χ3n) is 7.05. The van der Waals surface area contributed by atoms with Crippen LogP contribution < -0.4 is 10.2 Å². The normalized spacial score (nSPS) is 17.8. The van der Waals surface area contributed by atoms with Crippen LogP contribution in [0.5, 0.6) is 0 Å². The number of aromatic nitrogens is 3. The van der Waals surface area contributed by atoms with Crippen LogP contribution in [0.4, 0.5) is 11.9 Å². The first-order valence-electron chi connectivity index (χ1n) is 13.2. The third-order valence-corrected chi connectivity index (χ3v) is 7.92. The van der Waals surface area contributed by atoms with Crippen molar-refractivity contribution in [2.75, 3.05) is 50.0 Å². The summed E-state index contributed by atoms with van der Waals surface area (Å²) in [7, 11) is 2.13. The SMILES string of the molecule is CN1CCN(c2nc(NC3=NCC(c4ccccc4)=C3)nc(Sc3ccc(CC(=O)C4CC4)cc3)n2)CC1. The highest BCUT2D eigenvalue weighted by molar-refractivity contribution is 7.99. The molecule has 3 aliphatic rings. The van der Waals surface area contributed by atoms with Gasteiger partial charge in [-0.05, 0) is 66.6 Å². The molecular weight excluding hydrogens is 494 g/mol. The van der Waals surface area contributed by atoms with Gasteiger partial charge in [-0.1, -0.05) is 42.5 Å². The van der Waals surface area contributed by atoms with Crippen molar-refractivity contribution in [2.24, 2.45) is 10.9 Å². The quantitative estimate of drug-likeness (QED) is 0.468. The van der Waals surface area contributed by atoms with Crippen LogP contribution in [-0.4, -0.2) is 71.2 Å². The van der Waals surface area contributed by atoms with Crippen molar-refractivity contribution in [3.05, 3.63) is 71.8 Å². The van der Waals surface area contributed by atoms with Gasteiger partial charge in [0.05, 0.1) is 6.54 Å². The molecule has 1 aliphatic carbocycles. The molecule has 1 aromatic heterocycles. The summed E-state index contributed by atoms with van der Waals surface area (Å²) in [5.41, 5.74) is 3.39. The highest BCUT2D eigenvalue weighted by Gasteiger charge is 2.29. The zero-order chi connectivity index (χ0) is 25.9. The van der Waals surface area contributed by atoms with Crippen molar-refractivity contribution in [3.63, 3.8) is 0 Å². The lowest BCUT2D eigenvalue weighted by molar-refractivity contribution is -0.119. The van der Waals surface area contributed by atoms with Gasteiger partial charge in [0.25, 0.3) is 0 Å². The second kappa shape index (κ2) is 11.0. The van der Waals surface area contributed by atoms with Gasteiger partial charge in [0, 0.05) is 43.4 Å². The number of nitrogens with one attached hydrogen (secondary N) is 1. The summed E-state index contributed by atoms with van der Waals surface area (Å²) in [5.74, 6) is 2.56. The largest absolute Gasteiger partial charge is 0.338 e. The van der Waals surface area contributed by atoms with E-state index in [0.717, 1.165) is 60.9 Å². The van der Waals surface area contributed by atoms with E-state index < -0.39 is 0 Å². The minimum atomic E-state index is 0.288. The van der Waals surface area contributed by atoms with Crippen LogP contribution in [0, 0.1) is 5.92 Å². The van der Waals surface area contributed by atoms with Crippen molar-refractivity contribution in [1.29, 1.82) is 0 Å². The predicted molar refractivity (Wildman–Crippen MR) is 152 cm³/mol. The van der Waals surface area contributed by atoms with Crippen LogP contribution in [0.2, 0.25) is 0 Å². The molecular formula is C29H31N7OS. The Kier molecular flexibility index (Phi) is 7.20. The van der Waals surface area contributed by atoms with Gasteiger partial charge in [-0.15, -0.1) is 0 Å². The zero-order valence-electron chi connectivity index (χ0n) is 21.5. The zero-order valence-corrected chi connectivity index (χ0v) is 22.3. The molecule has 1 saturated heterocycles. The van der Waals surface area contributed by atoms with Gasteiger partial charge in [0.1, 0.15) is 11.6 Å². The van der Waals surface area contributed by atoms with Gasteiger partial charge >= 0.3 is 0 Å². The summed E-state index contributed by atoms with van der Waals surface area (Å²) in [6, 6.07) is 18.4. The number of likely N-dealkylation sites (N-methyl/N-ethyl adjacent to an activating group) is 1. The highest BCUT2D eigenvalue weighted by atomic mass is 32.2. The molecule has 2 fully saturated rings. The molecule has 0 atom stereocenters. The molecule has 3 aromatic rings. The van der Waals surface area contributed by atoms with E-state index in [4.69, 9.17) is 15.0 Å². The van der Waals surface area contributed by atoms with E-state index in [0.29, 0.717) is 35.8 Å². The highest BCUT2D eigenvalue weighted by Crippen LogP contribution is 2.32. The average Bonchev–Trinajstić information content (AvgIpc) is 3.69. The van der Waals surface area contributed by atoms with Crippen LogP contribution in [0.15, 0.2) is 75.7 Å². The molecule has 1 saturated carbocycles. The number of carbonyl (C=O) groups excluding carboxylic acids is 1. The molecule has 0 unspecified atom stereocenters. The summed E-state index contributed by atoms with van der Waals surface area (Å²) >= 11 is 1.50. The van der Waals surface area contributed by atoms with Crippen LogP contribution in [0.3, 0.4) is 0 Å². The standard InChI is InChI=1S/C29H31N7OS/c1-35-13-15-36(16-14-35)28-32-27(31-26-18-23(19-30-26)21-5-3-2-4-6-21)33-29(34-28)38-24-11-7-20(8-12-24)17-25(37)22-9-10-22/h2-8,11-12,18,22H,9-10,13-17,19H2,1H3,(H,30,31,32,33,34). The number of Topliss-reactive ketones (excluding diaryl/α,β-unsaturated/α-hetero) is 1. The summed E-state index contributed by atoms with van der Waals surface area (Å²) < 4.78 is 0. The number of ketones is 1. The minimum Gasteiger partial charge on any atom is -0.338 e. The van der Waals surface area contributed by atoms with Gasteiger partial charge in [-0.3, -0.25) is 9.79 Å². The Hall–Kier alpha value is -3.56. The molecule has 8 nitrogen and oxygen atoms in total. The van der Waals surface area contributed by atoms with Crippen molar-refractivity contribution in [2.45, 2.75) is 29.3 Å². The Bertz CT molecular complexity index is 1360. The fourth-order valence-electron chi connectivity index (χ4n) is 4.57. The first kappa shape index (κ1) is 24.8. The molecule has 1 N–H and O–H groups in total. The van der Waals surface area contributed by atoms with Crippen molar-refractivity contribution >= 4 is 40.9 Å². The van der Waals surface area contributed by atoms with E-state index in [1.165, 1.54) is 17.3 Å². The lowest BCUT2D eigenvalue weighted by Gasteiger charge is -2.32. The number of amidine groups is 1. The van der Waals surface area contributed by atoms with E-state index in [-0.39, 0.29) is 5.92 Å². The number of nitrogens with zero attached hydrogens (tertiary/aromatic N) is 6. The monoisotopic (exact) mass is 525 g/mol. The summed E-state index contributed by atoms with van der Waals surface area (Å²) in [6.07, 6.45) is 4.68. The van der Waals surface area contributed by atoms with E-state index in [1.807, 2.05) is 42.5 Å². The van der Waals surface area contributed by atoms with Crippen molar-refractivity contribution in [1.82, 2.24) is 19.9 Å². The molecule has 0 radical (unpaired) electrons. The van der Waals surface area contributed by atoms with E-state index >= 15 is 0 Å². The van der Waals surface area contributed by atoms with Crippen LogP contribution >= 0.6 is 11.8 Å². The second-order valence-corrected chi connectivity index (χ2v) is 11.1. The molecule has 2 aliphatic heterocycles. The molecule has 6 rings (SSSR count). The number of aliphatic imine (C=N–C) groups is 1. The molecule has 9 heteroatoms. The summed E-state index contributed by atoms with van der Waals surface area (Å²) in [6.45, 7) is 4.29. The van der Waals surface area contributed by atoms with E-state index in [2.05, 4.69) is 45.4 Å². The van der Waals surface area contributed by atoms with Gasteiger partial charge < -0.3 is 15.1 Å². The number of benzene rings is 2. The maximum absolute atomic E-state index is 12.2. The Morgan fingerprint density at radius 1 is 0.974 bits per heavy atom. The number of hydrogen-bond donors (Lipinski definition) is 1. The average molecular weight is 526 g/mol.